The van der Waals surface area contributed by atoms with E-state index in [1.54, 1.807) is 0 Å². The molecule has 0 spiro atoms. The molecule has 0 saturated carbocycles. The van der Waals surface area contributed by atoms with E-state index in [1.165, 1.54) is 38.9 Å². The van der Waals surface area contributed by atoms with Crippen LogP contribution >= 0.6 is 0 Å². The highest BCUT2D eigenvalue weighted by atomic mass is 15.1. The Morgan fingerprint density at radius 3 is 2.40 bits per heavy atom. The van der Waals surface area contributed by atoms with Crippen LogP contribution < -0.4 is 5.32 Å². The second-order valence-corrected chi connectivity index (χ2v) is 5.90. The summed E-state index contributed by atoms with van der Waals surface area (Å²) in [6.45, 7) is 11.9. The van der Waals surface area contributed by atoms with Crippen LogP contribution in [0.15, 0.2) is 0 Å². The molecule has 0 unspecified atom stereocenters. The van der Waals surface area contributed by atoms with E-state index in [1.807, 2.05) is 0 Å². The Hall–Kier alpha value is -0.0800. The first-order valence-corrected chi connectivity index (χ1v) is 6.43. The minimum atomic E-state index is 0.464. The summed E-state index contributed by atoms with van der Waals surface area (Å²) in [5.74, 6) is 0.911. The summed E-state index contributed by atoms with van der Waals surface area (Å²) in [7, 11) is 2.23. The molecule has 0 radical (unpaired) electrons. The molecule has 90 valence electrons. The molecule has 1 aliphatic rings. The summed E-state index contributed by atoms with van der Waals surface area (Å²) in [5.41, 5.74) is 0.464. The maximum atomic E-state index is 3.64. The zero-order chi connectivity index (χ0) is 11.3. The normalized spacial score (nSPS) is 20.8. The first-order valence-electron chi connectivity index (χ1n) is 6.43. The van der Waals surface area contributed by atoms with Crippen molar-refractivity contribution in [3.8, 4) is 0 Å². The fourth-order valence-electron chi connectivity index (χ4n) is 2.01. The van der Waals surface area contributed by atoms with E-state index >= 15 is 0 Å². The molecule has 15 heavy (non-hydrogen) atoms. The minimum Gasteiger partial charge on any atom is -0.316 e. The van der Waals surface area contributed by atoms with Crippen LogP contribution in [0.4, 0.5) is 0 Å². The van der Waals surface area contributed by atoms with Crippen molar-refractivity contribution in [1.82, 2.24) is 10.2 Å². The van der Waals surface area contributed by atoms with Crippen LogP contribution in [0.25, 0.3) is 0 Å². The highest BCUT2D eigenvalue weighted by Crippen LogP contribution is 2.19. The average Bonchev–Trinajstić information content (AvgIpc) is 2.21. The van der Waals surface area contributed by atoms with Gasteiger partial charge in [-0.3, -0.25) is 0 Å². The molecule has 0 atom stereocenters. The van der Waals surface area contributed by atoms with Crippen molar-refractivity contribution in [2.45, 2.75) is 40.0 Å². The molecule has 2 nitrogen and oxygen atoms in total. The zero-order valence-electron chi connectivity index (χ0n) is 11.0. The number of nitrogens with zero attached hydrogens (tertiary/aromatic N) is 1. The first kappa shape index (κ1) is 13.0. The van der Waals surface area contributed by atoms with Crippen molar-refractivity contribution >= 4 is 0 Å². The topological polar surface area (TPSA) is 15.3 Å². The van der Waals surface area contributed by atoms with Crippen molar-refractivity contribution < 1.29 is 0 Å². The zero-order valence-corrected chi connectivity index (χ0v) is 11.0. The summed E-state index contributed by atoms with van der Waals surface area (Å²) < 4.78 is 0. The van der Waals surface area contributed by atoms with Gasteiger partial charge in [-0.25, -0.2) is 0 Å². The van der Waals surface area contributed by atoms with Gasteiger partial charge in [-0.1, -0.05) is 20.8 Å². The van der Waals surface area contributed by atoms with Crippen molar-refractivity contribution in [1.29, 1.82) is 0 Å². The largest absolute Gasteiger partial charge is 0.316 e. The number of hydrogen-bond acceptors (Lipinski definition) is 2. The molecule has 0 bridgehead atoms. The molecule has 0 aromatic rings. The number of nitrogens with one attached hydrogen (secondary N) is 1. The quantitative estimate of drug-likeness (QED) is 0.752. The van der Waals surface area contributed by atoms with Gasteiger partial charge in [0.2, 0.25) is 0 Å². The van der Waals surface area contributed by atoms with Gasteiger partial charge >= 0.3 is 0 Å². The molecule has 0 amide bonds. The molecule has 1 heterocycles. The van der Waals surface area contributed by atoms with Crippen molar-refractivity contribution in [2.24, 2.45) is 11.3 Å². The SMILES string of the molecule is CCC(C)(C)CNCC1CCN(C)CC1. The molecule has 0 aliphatic carbocycles. The monoisotopic (exact) mass is 212 g/mol. The molecule has 2 heteroatoms. The first-order chi connectivity index (χ1) is 7.03. The Morgan fingerprint density at radius 1 is 1.27 bits per heavy atom. The molecule has 1 N–H and O–H groups in total. The Morgan fingerprint density at radius 2 is 1.87 bits per heavy atom. The molecular weight excluding hydrogens is 184 g/mol. The average molecular weight is 212 g/mol. The second kappa shape index (κ2) is 5.86. The van der Waals surface area contributed by atoms with Crippen molar-refractivity contribution in [2.75, 3.05) is 33.2 Å². The Labute approximate surface area is 95.4 Å². The summed E-state index contributed by atoms with van der Waals surface area (Å²) in [4.78, 5) is 2.44. The molecule has 1 aliphatic heterocycles. The van der Waals surface area contributed by atoms with E-state index in [-0.39, 0.29) is 0 Å². The van der Waals surface area contributed by atoms with Gasteiger partial charge in [-0.15, -0.1) is 0 Å². The summed E-state index contributed by atoms with van der Waals surface area (Å²) in [6.07, 6.45) is 4.00. The van der Waals surface area contributed by atoms with Gasteiger partial charge in [0, 0.05) is 6.54 Å². The smallest absolute Gasteiger partial charge is 0.000253 e. The molecule has 0 aromatic carbocycles. The second-order valence-electron chi connectivity index (χ2n) is 5.90. The summed E-state index contributed by atoms with van der Waals surface area (Å²) in [5, 5.41) is 3.64. The van der Waals surface area contributed by atoms with Gasteiger partial charge in [0.05, 0.1) is 0 Å². The van der Waals surface area contributed by atoms with Gasteiger partial charge in [0.25, 0.3) is 0 Å². The molecular formula is C13H28N2. The van der Waals surface area contributed by atoms with Crippen LogP contribution in [0, 0.1) is 11.3 Å². The van der Waals surface area contributed by atoms with Crippen LogP contribution in [0.5, 0.6) is 0 Å². The predicted octanol–water partition coefficient (Wildman–Crippen LogP) is 2.35. The highest BCUT2D eigenvalue weighted by molar-refractivity contribution is 4.74. The van der Waals surface area contributed by atoms with E-state index in [9.17, 15) is 0 Å². The fourth-order valence-corrected chi connectivity index (χ4v) is 2.01. The number of likely N-dealkylation sites (tertiary alicyclic amines) is 1. The lowest BCUT2D eigenvalue weighted by molar-refractivity contribution is 0.209. The van der Waals surface area contributed by atoms with Gasteiger partial charge in [-0.05, 0) is 57.3 Å². The van der Waals surface area contributed by atoms with Crippen LogP contribution in [-0.2, 0) is 0 Å². The standard InChI is InChI=1S/C13H28N2/c1-5-13(2,3)11-14-10-12-6-8-15(4)9-7-12/h12,14H,5-11H2,1-4H3. The fraction of sp³-hybridized carbons (Fsp3) is 1.00. The van der Waals surface area contributed by atoms with E-state index in [0.717, 1.165) is 12.5 Å². The maximum Gasteiger partial charge on any atom is 0.000253 e. The maximum absolute atomic E-state index is 3.64. The minimum absolute atomic E-state index is 0.464. The van der Waals surface area contributed by atoms with E-state index < -0.39 is 0 Å². The lowest BCUT2D eigenvalue weighted by atomic mass is 9.90. The summed E-state index contributed by atoms with van der Waals surface area (Å²) in [6, 6.07) is 0. The van der Waals surface area contributed by atoms with Gasteiger partial charge in [-0.2, -0.15) is 0 Å². The highest BCUT2D eigenvalue weighted by Gasteiger charge is 2.18. The van der Waals surface area contributed by atoms with Crippen LogP contribution in [-0.4, -0.2) is 38.1 Å². The van der Waals surface area contributed by atoms with Crippen molar-refractivity contribution in [3.05, 3.63) is 0 Å². The number of piperidine rings is 1. The lowest BCUT2D eigenvalue weighted by Crippen LogP contribution is -2.37. The van der Waals surface area contributed by atoms with E-state index in [4.69, 9.17) is 0 Å². The lowest BCUT2D eigenvalue weighted by Gasteiger charge is -2.30. The number of rotatable bonds is 5. The third-order valence-corrected chi connectivity index (χ3v) is 3.83. The number of hydrogen-bond donors (Lipinski definition) is 1. The molecule has 1 saturated heterocycles. The molecule has 1 rings (SSSR count). The third kappa shape index (κ3) is 4.98. The van der Waals surface area contributed by atoms with E-state index in [0.29, 0.717) is 5.41 Å². The van der Waals surface area contributed by atoms with E-state index in [2.05, 4.69) is 38.0 Å². The third-order valence-electron chi connectivity index (χ3n) is 3.83. The Kier molecular flexibility index (Phi) is 5.07. The van der Waals surface area contributed by atoms with Gasteiger partial charge in [0.15, 0.2) is 0 Å². The van der Waals surface area contributed by atoms with Crippen LogP contribution in [0.2, 0.25) is 0 Å². The molecule has 1 fully saturated rings. The molecule has 0 aromatic heterocycles. The Balaban J connectivity index is 2.10. The van der Waals surface area contributed by atoms with Crippen LogP contribution in [0.3, 0.4) is 0 Å². The van der Waals surface area contributed by atoms with Gasteiger partial charge in [0.1, 0.15) is 0 Å². The van der Waals surface area contributed by atoms with Crippen LogP contribution in [0.1, 0.15) is 40.0 Å². The Bertz CT molecular complexity index is 169. The summed E-state index contributed by atoms with van der Waals surface area (Å²) >= 11 is 0. The van der Waals surface area contributed by atoms with Crippen molar-refractivity contribution in [3.63, 3.8) is 0 Å². The predicted molar refractivity (Wildman–Crippen MR) is 67.2 cm³/mol. The van der Waals surface area contributed by atoms with Gasteiger partial charge < -0.3 is 10.2 Å².